The highest BCUT2D eigenvalue weighted by Gasteiger charge is 1.97. The second-order valence-corrected chi connectivity index (χ2v) is 3.40. The van der Waals surface area contributed by atoms with Crippen molar-refractivity contribution < 1.29 is 4.39 Å². The summed E-state index contributed by atoms with van der Waals surface area (Å²) in [7, 11) is 1.89. The molecule has 0 atom stereocenters. The van der Waals surface area contributed by atoms with E-state index < -0.39 is 0 Å². The molecule has 0 aliphatic heterocycles. The molecule has 0 fully saturated rings. The van der Waals surface area contributed by atoms with Gasteiger partial charge in [-0.25, -0.2) is 4.39 Å². The van der Waals surface area contributed by atoms with Gasteiger partial charge in [-0.15, -0.1) is 0 Å². The molecule has 0 amide bonds. The molecular weight excluding hydrogens is 201 g/mol. The van der Waals surface area contributed by atoms with Crippen molar-refractivity contribution in [3.05, 3.63) is 40.7 Å². The fourth-order valence-corrected chi connectivity index (χ4v) is 1.23. The molecule has 0 unspecified atom stereocenters. The number of benzene rings is 1. The molecule has 0 aliphatic rings. The van der Waals surface area contributed by atoms with E-state index >= 15 is 0 Å². The molecule has 1 N–H and O–H groups in total. The molecule has 0 bridgehead atoms. The Balaban J connectivity index is 2.62. The van der Waals surface area contributed by atoms with Gasteiger partial charge in [0.2, 0.25) is 0 Å². The lowest BCUT2D eigenvalue weighted by molar-refractivity contribution is 0.625. The van der Waals surface area contributed by atoms with Crippen LogP contribution in [0.2, 0.25) is 5.02 Å². The maximum atomic E-state index is 13.2. The summed E-state index contributed by atoms with van der Waals surface area (Å²) in [6, 6.07) is 4.68. The molecular formula is C11H13ClFN. The van der Waals surface area contributed by atoms with Crippen LogP contribution >= 0.6 is 11.6 Å². The zero-order valence-corrected chi connectivity index (χ0v) is 8.81. The second kappa shape index (κ2) is 5.78. The summed E-state index contributed by atoms with van der Waals surface area (Å²) in [6.07, 6.45) is 4.59. The zero-order valence-electron chi connectivity index (χ0n) is 8.06. The van der Waals surface area contributed by atoms with Crippen molar-refractivity contribution in [3.8, 4) is 0 Å². The first-order chi connectivity index (χ1) is 6.74. The largest absolute Gasteiger partial charge is 0.319 e. The van der Waals surface area contributed by atoms with Crippen LogP contribution in [0.5, 0.6) is 0 Å². The van der Waals surface area contributed by atoms with Gasteiger partial charge in [-0.2, -0.15) is 0 Å². The second-order valence-electron chi connectivity index (χ2n) is 2.96. The fraction of sp³-hybridized carbons (Fsp3) is 0.273. The quantitative estimate of drug-likeness (QED) is 0.758. The van der Waals surface area contributed by atoms with E-state index in [1.54, 1.807) is 18.2 Å². The number of hydrogen-bond acceptors (Lipinski definition) is 1. The standard InChI is InChI=1S/C11H13ClFN/c1-14-7-3-2-4-9-5-6-10(12)8-11(9)13/h2,4-6,8,14H,3,7H2,1H3. The summed E-state index contributed by atoms with van der Waals surface area (Å²) in [5.41, 5.74) is 0.575. The van der Waals surface area contributed by atoms with Crippen molar-refractivity contribution in [2.24, 2.45) is 0 Å². The van der Waals surface area contributed by atoms with Gasteiger partial charge in [-0.3, -0.25) is 0 Å². The van der Waals surface area contributed by atoms with Gasteiger partial charge in [0, 0.05) is 10.6 Å². The van der Waals surface area contributed by atoms with Gasteiger partial charge >= 0.3 is 0 Å². The third-order valence-corrected chi connectivity index (χ3v) is 2.06. The summed E-state index contributed by atoms with van der Waals surface area (Å²) >= 11 is 5.63. The summed E-state index contributed by atoms with van der Waals surface area (Å²) in [5, 5.41) is 3.44. The van der Waals surface area contributed by atoms with Crippen LogP contribution in [0.1, 0.15) is 12.0 Å². The highest BCUT2D eigenvalue weighted by Crippen LogP contribution is 2.15. The van der Waals surface area contributed by atoms with Gasteiger partial charge < -0.3 is 5.32 Å². The molecule has 3 heteroatoms. The monoisotopic (exact) mass is 213 g/mol. The van der Waals surface area contributed by atoms with Gasteiger partial charge in [-0.1, -0.05) is 29.8 Å². The molecule has 0 saturated heterocycles. The van der Waals surface area contributed by atoms with Crippen LogP contribution in [0.15, 0.2) is 24.3 Å². The first-order valence-corrected chi connectivity index (χ1v) is 4.88. The van der Waals surface area contributed by atoms with E-state index in [9.17, 15) is 4.39 Å². The van der Waals surface area contributed by atoms with Crippen LogP contribution in [0.4, 0.5) is 4.39 Å². The molecule has 14 heavy (non-hydrogen) atoms. The molecule has 0 aromatic heterocycles. The van der Waals surface area contributed by atoms with E-state index in [0.717, 1.165) is 13.0 Å². The maximum Gasteiger partial charge on any atom is 0.131 e. The average molecular weight is 214 g/mol. The van der Waals surface area contributed by atoms with Crippen molar-refractivity contribution >= 4 is 17.7 Å². The number of hydrogen-bond donors (Lipinski definition) is 1. The number of halogens is 2. The Kier molecular flexibility index (Phi) is 4.63. The van der Waals surface area contributed by atoms with Crippen LogP contribution < -0.4 is 5.32 Å². The van der Waals surface area contributed by atoms with E-state index in [-0.39, 0.29) is 5.82 Å². The van der Waals surface area contributed by atoms with E-state index in [1.165, 1.54) is 6.07 Å². The van der Waals surface area contributed by atoms with Crippen molar-refractivity contribution in [3.63, 3.8) is 0 Å². The molecule has 0 heterocycles. The highest BCUT2D eigenvalue weighted by atomic mass is 35.5. The number of rotatable bonds is 4. The Labute approximate surface area is 88.6 Å². The summed E-state index contributed by atoms with van der Waals surface area (Å²) in [4.78, 5) is 0. The molecule has 1 aromatic rings. The number of nitrogens with one attached hydrogen (secondary N) is 1. The average Bonchev–Trinajstić information content (AvgIpc) is 2.15. The first-order valence-electron chi connectivity index (χ1n) is 4.50. The Morgan fingerprint density at radius 2 is 2.29 bits per heavy atom. The van der Waals surface area contributed by atoms with Crippen molar-refractivity contribution in [1.82, 2.24) is 5.32 Å². The van der Waals surface area contributed by atoms with Gasteiger partial charge in [0.15, 0.2) is 0 Å². The van der Waals surface area contributed by atoms with E-state index in [0.29, 0.717) is 10.6 Å². The smallest absolute Gasteiger partial charge is 0.131 e. The van der Waals surface area contributed by atoms with Gasteiger partial charge in [0.05, 0.1) is 0 Å². The van der Waals surface area contributed by atoms with Crippen LogP contribution in [0, 0.1) is 5.82 Å². The van der Waals surface area contributed by atoms with Crippen LogP contribution in [0.25, 0.3) is 6.08 Å². The minimum absolute atomic E-state index is 0.279. The minimum Gasteiger partial charge on any atom is -0.319 e. The lowest BCUT2D eigenvalue weighted by atomic mass is 10.2. The third kappa shape index (κ3) is 3.48. The highest BCUT2D eigenvalue weighted by molar-refractivity contribution is 6.30. The van der Waals surface area contributed by atoms with Gasteiger partial charge in [0.25, 0.3) is 0 Å². The molecule has 1 aromatic carbocycles. The Hall–Kier alpha value is -0.860. The Morgan fingerprint density at radius 3 is 2.93 bits per heavy atom. The minimum atomic E-state index is -0.279. The molecule has 76 valence electrons. The first kappa shape index (κ1) is 11.2. The van der Waals surface area contributed by atoms with Crippen molar-refractivity contribution in [1.29, 1.82) is 0 Å². The van der Waals surface area contributed by atoms with Crippen LogP contribution in [0.3, 0.4) is 0 Å². The molecule has 0 radical (unpaired) electrons. The molecule has 0 spiro atoms. The summed E-state index contributed by atoms with van der Waals surface area (Å²) in [6.45, 7) is 0.895. The zero-order chi connectivity index (χ0) is 10.4. The molecule has 0 aliphatic carbocycles. The predicted molar refractivity (Wildman–Crippen MR) is 59.0 cm³/mol. The predicted octanol–water partition coefficient (Wildman–Crippen LogP) is 3.10. The van der Waals surface area contributed by atoms with E-state index in [1.807, 2.05) is 13.1 Å². The SMILES string of the molecule is CNCCC=Cc1ccc(Cl)cc1F. The van der Waals surface area contributed by atoms with Crippen molar-refractivity contribution in [2.45, 2.75) is 6.42 Å². The van der Waals surface area contributed by atoms with Crippen LogP contribution in [-0.2, 0) is 0 Å². The topological polar surface area (TPSA) is 12.0 Å². The summed E-state index contributed by atoms with van der Waals surface area (Å²) in [5.74, 6) is -0.279. The third-order valence-electron chi connectivity index (χ3n) is 1.82. The molecule has 1 rings (SSSR count). The molecule has 0 saturated carbocycles. The normalized spacial score (nSPS) is 11.1. The van der Waals surface area contributed by atoms with Crippen LogP contribution in [-0.4, -0.2) is 13.6 Å². The maximum absolute atomic E-state index is 13.2. The summed E-state index contributed by atoms with van der Waals surface area (Å²) < 4.78 is 13.2. The van der Waals surface area contributed by atoms with E-state index in [2.05, 4.69) is 5.32 Å². The van der Waals surface area contributed by atoms with Crippen molar-refractivity contribution in [2.75, 3.05) is 13.6 Å². The van der Waals surface area contributed by atoms with E-state index in [4.69, 9.17) is 11.6 Å². The Morgan fingerprint density at radius 1 is 1.50 bits per heavy atom. The lowest BCUT2D eigenvalue weighted by Gasteiger charge is -1.97. The van der Waals surface area contributed by atoms with Gasteiger partial charge in [0.1, 0.15) is 5.82 Å². The lowest BCUT2D eigenvalue weighted by Crippen LogP contribution is -2.05. The molecule has 1 nitrogen and oxygen atoms in total. The van der Waals surface area contributed by atoms with Gasteiger partial charge in [-0.05, 0) is 32.1 Å². The fourth-order valence-electron chi connectivity index (χ4n) is 1.07. The Bertz CT molecular complexity index is 323.